The molecule has 0 N–H and O–H groups in total. The number of fused-ring (bicyclic) bond motifs is 1. The van der Waals surface area contributed by atoms with E-state index < -0.39 is 0 Å². The van der Waals surface area contributed by atoms with Gasteiger partial charge >= 0.3 is 0 Å². The summed E-state index contributed by atoms with van der Waals surface area (Å²) in [6.45, 7) is 4.34. The molecule has 0 bridgehead atoms. The lowest BCUT2D eigenvalue weighted by Gasteiger charge is -2.09. The van der Waals surface area contributed by atoms with Crippen molar-refractivity contribution in [1.29, 1.82) is 0 Å². The number of benzene rings is 2. The van der Waals surface area contributed by atoms with Crippen LogP contribution in [-0.2, 0) is 13.0 Å². The maximum atomic E-state index is 12.4. The van der Waals surface area contributed by atoms with Crippen LogP contribution in [0.1, 0.15) is 30.0 Å². The van der Waals surface area contributed by atoms with E-state index >= 15 is 0 Å². The first-order valence-corrected chi connectivity index (χ1v) is 9.66. The van der Waals surface area contributed by atoms with E-state index in [9.17, 15) is 4.79 Å². The summed E-state index contributed by atoms with van der Waals surface area (Å²) in [4.78, 5) is 12.4. The number of alkyl halides is 1. The van der Waals surface area contributed by atoms with Gasteiger partial charge in [0.25, 0.3) is 5.95 Å². The fraction of sp³-hybridized carbons (Fsp3) is 0.286. The first-order valence-electron chi connectivity index (χ1n) is 8.41. The van der Waals surface area contributed by atoms with Gasteiger partial charge in [-0.05, 0) is 43.0 Å². The first kappa shape index (κ1) is 18.0. The molecule has 1 heterocycles. The molecule has 3 rings (SSSR count). The van der Waals surface area contributed by atoms with Crippen LogP contribution in [0.15, 0.2) is 57.7 Å². The molecule has 0 aliphatic carbocycles. The van der Waals surface area contributed by atoms with Crippen molar-refractivity contribution in [2.45, 2.75) is 37.2 Å². The van der Waals surface area contributed by atoms with Crippen LogP contribution in [-0.4, -0.2) is 3.92 Å². The predicted molar refractivity (Wildman–Crippen MR) is 110 cm³/mol. The van der Waals surface area contributed by atoms with Crippen molar-refractivity contribution in [3.63, 3.8) is 0 Å². The summed E-state index contributed by atoms with van der Waals surface area (Å²) in [5.74, 6) is 0.298. The molecule has 0 saturated carbocycles. The van der Waals surface area contributed by atoms with Crippen molar-refractivity contribution < 1.29 is 9.15 Å². The minimum Gasteiger partial charge on any atom is -0.460 e. The first-order chi connectivity index (χ1) is 12.0. The zero-order valence-corrected chi connectivity index (χ0v) is 16.6. The van der Waals surface area contributed by atoms with E-state index in [0.29, 0.717) is 33.0 Å². The normalized spacial score (nSPS) is 12.3. The molecule has 130 valence electrons. The van der Waals surface area contributed by atoms with Gasteiger partial charge in [0.1, 0.15) is 12.2 Å². The van der Waals surface area contributed by atoms with Gasteiger partial charge in [-0.25, -0.2) is 0 Å². The van der Waals surface area contributed by atoms with Crippen LogP contribution in [0.4, 0.5) is 0 Å². The lowest BCUT2D eigenvalue weighted by Crippen LogP contribution is -2.08. The highest BCUT2D eigenvalue weighted by atomic mass is 127. The second kappa shape index (κ2) is 8.04. The van der Waals surface area contributed by atoms with Crippen LogP contribution in [0.5, 0.6) is 5.95 Å². The summed E-state index contributed by atoms with van der Waals surface area (Å²) >= 11 is 2.45. The Morgan fingerprint density at radius 2 is 1.76 bits per heavy atom. The Morgan fingerprint density at radius 3 is 2.48 bits per heavy atom. The van der Waals surface area contributed by atoms with Gasteiger partial charge < -0.3 is 9.15 Å². The molecule has 1 atom stereocenters. The third-order valence-corrected chi connectivity index (χ3v) is 4.83. The second-order valence-corrected chi connectivity index (χ2v) is 8.39. The van der Waals surface area contributed by atoms with E-state index in [1.54, 1.807) is 19.1 Å². The fourth-order valence-electron chi connectivity index (χ4n) is 2.67. The van der Waals surface area contributed by atoms with Crippen LogP contribution in [0.25, 0.3) is 11.0 Å². The van der Waals surface area contributed by atoms with Crippen molar-refractivity contribution in [2.24, 2.45) is 0 Å². The molecule has 2 aromatic carbocycles. The smallest absolute Gasteiger partial charge is 0.292 e. The van der Waals surface area contributed by atoms with Gasteiger partial charge in [0.2, 0.25) is 0 Å². The third-order valence-electron chi connectivity index (χ3n) is 4.20. The van der Waals surface area contributed by atoms with E-state index in [4.69, 9.17) is 9.15 Å². The Kier molecular flexibility index (Phi) is 5.78. The van der Waals surface area contributed by atoms with Crippen LogP contribution >= 0.6 is 22.6 Å². The highest BCUT2D eigenvalue weighted by molar-refractivity contribution is 14.1. The molecular formula is C21H21IO3. The van der Waals surface area contributed by atoms with Gasteiger partial charge in [0.05, 0.1) is 10.9 Å². The van der Waals surface area contributed by atoms with Crippen LogP contribution in [0, 0.1) is 6.92 Å². The molecule has 3 aromatic rings. The molecule has 0 aliphatic heterocycles. The number of aryl methyl sites for hydroxylation is 1. The van der Waals surface area contributed by atoms with Gasteiger partial charge in [-0.3, -0.25) is 4.79 Å². The fourth-order valence-corrected chi connectivity index (χ4v) is 2.98. The van der Waals surface area contributed by atoms with Gasteiger partial charge in [0.15, 0.2) is 5.43 Å². The number of hydrogen-bond donors (Lipinski definition) is 0. The lowest BCUT2D eigenvalue weighted by atomic mass is 10.1. The minimum atomic E-state index is -0.0416. The van der Waals surface area contributed by atoms with Crippen molar-refractivity contribution in [3.8, 4) is 5.95 Å². The average molecular weight is 448 g/mol. The zero-order chi connectivity index (χ0) is 17.8. The van der Waals surface area contributed by atoms with E-state index in [1.807, 2.05) is 12.1 Å². The van der Waals surface area contributed by atoms with Gasteiger partial charge in [0, 0.05) is 3.92 Å². The number of rotatable bonds is 6. The second-order valence-electron chi connectivity index (χ2n) is 6.26. The molecule has 4 heteroatoms. The summed E-state index contributed by atoms with van der Waals surface area (Å²) in [6, 6.07) is 15.7. The molecule has 3 nitrogen and oxygen atoms in total. The van der Waals surface area contributed by atoms with E-state index in [2.05, 4.69) is 53.8 Å². The van der Waals surface area contributed by atoms with Crippen molar-refractivity contribution >= 4 is 33.6 Å². The van der Waals surface area contributed by atoms with E-state index in [1.165, 1.54) is 12.0 Å². The summed E-state index contributed by atoms with van der Waals surface area (Å²) in [5, 5.41) is 0.584. The molecule has 0 fully saturated rings. The van der Waals surface area contributed by atoms with Crippen molar-refractivity contribution in [3.05, 3.63) is 75.4 Å². The molecule has 0 aliphatic rings. The standard InChI is InChI=1S/C21H21IO3/c1-14(22)7-8-16-9-11-17(12-10-16)13-24-21-15(2)20(23)18-5-3-4-6-19(18)25-21/h3-6,9-12,14H,7-8,13H2,1-2H3. The van der Waals surface area contributed by atoms with Crippen LogP contribution in [0.3, 0.4) is 0 Å². The van der Waals surface area contributed by atoms with Crippen LogP contribution < -0.4 is 10.2 Å². The summed E-state index contributed by atoms with van der Waals surface area (Å²) < 4.78 is 12.2. The summed E-state index contributed by atoms with van der Waals surface area (Å²) in [7, 11) is 0. The maximum absolute atomic E-state index is 12.4. The molecule has 1 aromatic heterocycles. The van der Waals surface area contributed by atoms with Crippen LogP contribution in [0.2, 0.25) is 0 Å². The molecule has 0 saturated heterocycles. The molecule has 25 heavy (non-hydrogen) atoms. The predicted octanol–water partition coefficient (Wildman–Crippen LogP) is 5.44. The van der Waals surface area contributed by atoms with Gasteiger partial charge in [-0.15, -0.1) is 0 Å². The Bertz CT molecular complexity index is 911. The average Bonchev–Trinajstić information content (AvgIpc) is 2.62. The Labute approximate surface area is 161 Å². The quantitative estimate of drug-likeness (QED) is 0.373. The van der Waals surface area contributed by atoms with Gasteiger partial charge in [-0.2, -0.15) is 0 Å². The maximum Gasteiger partial charge on any atom is 0.292 e. The third kappa shape index (κ3) is 4.42. The van der Waals surface area contributed by atoms with Gasteiger partial charge in [-0.1, -0.05) is 65.9 Å². The number of hydrogen-bond acceptors (Lipinski definition) is 3. The molecular weight excluding hydrogens is 427 g/mol. The minimum absolute atomic E-state index is 0.0416. The molecule has 1 unspecified atom stereocenters. The highest BCUT2D eigenvalue weighted by Gasteiger charge is 2.11. The monoisotopic (exact) mass is 448 g/mol. The molecule has 0 spiro atoms. The topological polar surface area (TPSA) is 39.4 Å². The summed E-state index contributed by atoms with van der Waals surface area (Å²) in [6.07, 6.45) is 2.27. The largest absolute Gasteiger partial charge is 0.460 e. The Balaban J connectivity index is 1.72. The molecule has 0 radical (unpaired) electrons. The Morgan fingerprint density at radius 1 is 1.08 bits per heavy atom. The summed E-state index contributed by atoms with van der Waals surface area (Å²) in [5.41, 5.74) is 3.41. The Hall–Kier alpha value is -1.82. The molecule has 0 amide bonds. The van der Waals surface area contributed by atoms with Crippen molar-refractivity contribution in [1.82, 2.24) is 0 Å². The number of para-hydroxylation sites is 1. The van der Waals surface area contributed by atoms with Crippen molar-refractivity contribution in [2.75, 3.05) is 0 Å². The lowest BCUT2D eigenvalue weighted by molar-refractivity contribution is 0.232. The number of ether oxygens (including phenoxy) is 1. The highest BCUT2D eigenvalue weighted by Crippen LogP contribution is 2.22. The SMILES string of the molecule is Cc1c(OCc2ccc(CCC(C)I)cc2)oc2ccccc2c1=O. The van der Waals surface area contributed by atoms with E-state index in [-0.39, 0.29) is 5.43 Å². The zero-order valence-electron chi connectivity index (χ0n) is 14.4. The van der Waals surface area contributed by atoms with E-state index in [0.717, 1.165) is 12.0 Å². The number of halogens is 1.